The Morgan fingerprint density at radius 3 is 2.52 bits per heavy atom. The molecular formula is C19H24ClNO2. The van der Waals surface area contributed by atoms with E-state index in [2.05, 4.69) is 6.58 Å². The van der Waals surface area contributed by atoms with Crippen LogP contribution in [0.2, 0.25) is 0 Å². The highest BCUT2D eigenvalue weighted by molar-refractivity contribution is 5.85. The van der Waals surface area contributed by atoms with Gasteiger partial charge in [0.25, 0.3) is 0 Å². The number of ether oxygens (including phenoxy) is 2. The first-order chi connectivity index (χ1) is 10.7. The molecule has 0 saturated carbocycles. The van der Waals surface area contributed by atoms with Gasteiger partial charge < -0.3 is 15.2 Å². The van der Waals surface area contributed by atoms with Gasteiger partial charge in [0.1, 0.15) is 6.61 Å². The molecule has 0 aromatic heterocycles. The molecule has 0 fully saturated rings. The van der Waals surface area contributed by atoms with E-state index in [1.54, 1.807) is 7.11 Å². The molecule has 0 aliphatic rings. The molecule has 0 aliphatic carbocycles. The lowest BCUT2D eigenvalue weighted by Crippen LogP contribution is -2.10. The molecular weight excluding hydrogens is 310 g/mol. The van der Waals surface area contributed by atoms with E-state index in [0.29, 0.717) is 12.4 Å². The van der Waals surface area contributed by atoms with Crippen molar-refractivity contribution < 1.29 is 9.47 Å². The van der Waals surface area contributed by atoms with Crippen molar-refractivity contribution in [2.24, 2.45) is 5.73 Å². The maximum atomic E-state index is 6.18. The summed E-state index contributed by atoms with van der Waals surface area (Å²) in [4.78, 5) is 0. The van der Waals surface area contributed by atoms with Gasteiger partial charge >= 0.3 is 0 Å². The molecule has 2 N–H and O–H groups in total. The summed E-state index contributed by atoms with van der Waals surface area (Å²) >= 11 is 0. The van der Waals surface area contributed by atoms with Crippen LogP contribution in [0.1, 0.15) is 30.0 Å². The van der Waals surface area contributed by atoms with Crippen molar-refractivity contribution >= 4 is 12.4 Å². The molecule has 0 unspecified atom stereocenters. The minimum Gasteiger partial charge on any atom is -0.493 e. The van der Waals surface area contributed by atoms with Crippen LogP contribution in [0.25, 0.3) is 0 Å². The van der Waals surface area contributed by atoms with Crippen LogP contribution < -0.4 is 15.2 Å². The fourth-order valence-electron chi connectivity index (χ4n) is 2.23. The third-order valence-corrected chi connectivity index (χ3v) is 3.53. The van der Waals surface area contributed by atoms with Gasteiger partial charge in [-0.2, -0.15) is 0 Å². The first kappa shape index (κ1) is 19.1. The van der Waals surface area contributed by atoms with Crippen LogP contribution in [0.15, 0.2) is 61.2 Å². The second-order valence-corrected chi connectivity index (χ2v) is 5.16. The lowest BCUT2D eigenvalue weighted by atomic mass is 10.0. The topological polar surface area (TPSA) is 44.5 Å². The Kier molecular flexibility index (Phi) is 8.23. The first-order valence-electron chi connectivity index (χ1n) is 7.45. The van der Waals surface area contributed by atoms with Gasteiger partial charge in [-0.15, -0.1) is 19.0 Å². The van der Waals surface area contributed by atoms with E-state index < -0.39 is 0 Å². The third-order valence-electron chi connectivity index (χ3n) is 3.53. The molecule has 2 rings (SSSR count). The van der Waals surface area contributed by atoms with Crippen LogP contribution in [0, 0.1) is 0 Å². The van der Waals surface area contributed by atoms with Gasteiger partial charge in [-0.1, -0.05) is 42.5 Å². The van der Waals surface area contributed by atoms with Gasteiger partial charge in [-0.05, 0) is 36.1 Å². The summed E-state index contributed by atoms with van der Waals surface area (Å²) in [5.41, 5.74) is 8.34. The summed E-state index contributed by atoms with van der Waals surface area (Å²) in [6.07, 6.45) is 3.65. The normalized spacial score (nSPS) is 11.2. The minimum atomic E-state index is -0.0185. The van der Waals surface area contributed by atoms with E-state index in [0.717, 1.165) is 29.7 Å². The van der Waals surface area contributed by atoms with Crippen LogP contribution in [0.4, 0.5) is 0 Å². The van der Waals surface area contributed by atoms with E-state index >= 15 is 0 Å². The van der Waals surface area contributed by atoms with E-state index in [9.17, 15) is 0 Å². The van der Waals surface area contributed by atoms with Crippen LogP contribution in [-0.2, 0) is 6.61 Å². The Balaban J connectivity index is 0.00000264. The number of hydrogen-bond donors (Lipinski definition) is 1. The Hall–Kier alpha value is -1.97. The molecule has 0 heterocycles. The molecule has 124 valence electrons. The molecule has 2 aromatic carbocycles. The van der Waals surface area contributed by atoms with Gasteiger partial charge in [-0.25, -0.2) is 0 Å². The smallest absolute Gasteiger partial charge is 0.161 e. The molecule has 4 heteroatoms. The van der Waals surface area contributed by atoms with E-state index in [4.69, 9.17) is 15.2 Å². The van der Waals surface area contributed by atoms with E-state index in [1.165, 1.54) is 0 Å². The lowest BCUT2D eigenvalue weighted by molar-refractivity contribution is 0.284. The van der Waals surface area contributed by atoms with Crippen molar-refractivity contribution in [2.45, 2.75) is 25.5 Å². The quantitative estimate of drug-likeness (QED) is 0.714. The minimum absolute atomic E-state index is 0. The van der Waals surface area contributed by atoms with Crippen molar-refractivity contribution in [3.05, 3.63) is 72.3 Å². The maximum absolute atomic E-state index is 6.18. The highest BCUT2D eigenvalue weighted by Gasteiger charge is 2.10. The Morgan fingerprint density at radius 1 is 1.13 bits per heavy atom. The molecule has 0 aliphatic heterocycles. The summed E-state index contributed by atoms with van der Waals surface area (Å²) in [5, 5.41) is 0. The molecule has 3 nitrogen and oxygen atoms in total. The number of halogens is 1. The van der Waals surface area contributed by atoms with Gasteiger partial charge in [-0.3, -0.25) is 0 Å². The van der Waals surface area contributed by atoms with Crippen LogP contribution in [-0.4, -0.2) is 7.11 Å². The van der Waals surface area contributed by atoms with E-state index in [-0.39, 0.29) is 18.4 Å². The van der Waals surface area contributed by atoms with Crippen LogP contribution in [0.3, 0.4) is 0 Å². The van der Waals surface area contributed by atoms with Crippen molar-refractivity contribution in [3.8, 4) is 11.5 Å². The maximum Gasteiger partial charge on any atom is 0.161 e. The van der Waals surface area contributed by atoms with E-state index in [1.807, 2.05) is 54.6 Å². The highest BCUT2D eigenvalue weighted by Crippen LogP contribution is 2.31. The van der Waals surface area contributed by atoms with Gasteiger partial charge in [0.05, 0.1) is 7.11 Å². The Morgan fingerprint density at radius 2 is 1.87 bits per heavy atom. The predicted molar refractivity (Wildman–Crippen MR) is 97.4 cm³/mol. The van der Waals surface area contributed by atoms with Crippen molar-refractivity contribution in [1.82, 2.24) is 0 Å². The third kappa shape index (κ3) is 5.62. The summed E-state index contributed by atoms with van der Waals surface area (Å²) in [5.74, 6) is 1.44. The zero-order valence-electron chi connectivity index (χ0n) is 13.4. The van der Waals surface area contributed by atoms with Crippen molar-refractivity contribution in [2.75, 3.05) is 7.11 Å². The van der Waals surface area contributed by atoms with Crippen LogP contribution >= 0.6 is 12.4 Å². The number of rotatable bonds is 8. The fourth-order valence-corrected chi connectivity index (χ4v) is 2.23. The summed E-state index contributed by atoms with van der Waals surface area (Å²) in [6, 6.07) is 15.9. The van der Waals surface area contributed by atoms with Crippen molar-refractivity contribution in [3.63, 3.8) is 0 Å². The molecule has 23 heavy (non-hydrogen) atoms. The zero-order valence-corrected chi connectivity index (χ0v) is 14.2. The number of benzene rings is 2. The Labute approximate surface area is 144 Å². The van der Waals surface area contributed by atoms with Gasteiger partial charge in [0.2, 0.25) is 0 Å². The average Bonchev–Trinajstić information content (AvgIpc) is 2.58. The summed E-state index contributed by atoms with van der Waals surface area (Å²) in [7, 11) is 1.64. The number of allylic oxidation sites excluding steroid dienone is 1. The lowest BCUT2D eigenvalue weighted by Gasteiger charge is -2.15. The average molecular weight is 334 g/mol. The molecule has 0 bridgehead atoms. The second-order valence-electron chi connectivity index (χ2n) is 5.16. The van der Waals surface area contributed by atoms with Crippen molar-refractivity contribution in [1.29, 1.82) is 0 Å². The number of nitrogens with two attached hydrogens (primary N) is 1. The zero-order chi connectivity index (χ0) is 15.8. The Bertz CT molecular complexity index is 602. The number of hydrogen-bond acceptors (Lipinski definition) is 3. The fraction of sp³-hybridized carbons (Fsp3) is 0.263. The van der Waals surface area contributed by atoms with Gasteiger partial charge in [0.15, 0.2) is 11.5 Å². The molecule has 0 saturated heterocycles. The second kappa shape index (κ2) is 9.93. The molecule has 0 radical (unpaired) electrons. The molecule has 2 aromatic rings. The highest BCUT2D eigenvalue weighted by atomic mass is 35.5. The predicted octanol–water partition coefficient (Wildman–Crippen LogP) is 4.66. The van der Waals surface area contributed by atoms with Gasteiger partial charge in [0, 0.05) is 6.04 Å². The molecule has 0 amide bonds. The first-order valence-corrected chi connectivity index (χ1v) is 7.45. The standard InChI is InChI=1S/C19H23NO2.ClH/c1-3-4-10-17(20)16-11-12-18(19(13-16)21-2)22-14-15-8-6-5-7-9-15;/h3,5-9,11-13,17H,1,4,10,14,20H2,2H3;1H/t17-;/m1./s1. The molecule has 0 spiro atoms. The largest absolute Gasteiger partial charge is 0.493 e. The number of methoxy groups -OCH3 is 1. The summed E-state index contributed by atoms with van der Waals surface area (Å²) in [6.45, 7) is 4.24. The van der Waals surface area contributed by atoms with Crippen LogP contribution in [0.5, 0.6) is 11.5 Å². The monoisotopic (exact) mass is 333 g/mol. The SMILES string of the molecule is C=CCC[C@@H](N)c1ccc(OCc2ccccc2)c(OC)c1.Cl. The molecule has 1 atom stereocenters. The summed E-state index contributed by atoms with van der Waals surface area (Å²) < 4.78 is 11.3.